The summed E-state index contributed by atoms with van der Waals surface area (Å²) in [5.41, 5.74) is 21.7. The van der Waals surface area contributed by atoms with E-state index >= 15 is 0 Å². The first-order chi connectivity index (χ1) is 28.4. The standard InChI is InChI=1S/C57H47N/c1-5-56(6-2)48-27-15-17-29-50(48)57(51-30-18-16-28-49(51)56)47-26-14-11-24-43(47)45-35-33-40(37-53(45)57)58(54-31-19-12-22-41(54)38-20-8-7-9-21-38)39-32-34-44-42-23-10-13-25-46(42)55(3,4)52(44)36-39/h7-37H,5-6H2,1-4H3. The summed E-state index contributed by atoms with van der Waals surface area (Å²) < 4.78 is 0. The fourth-order valence-electron chi connectivity index (χ4n) is 11.5. The summed E-state index contributed by atoms with van der Waals surface area (Å²) >= 11 is 0. The molecule has 0 unspecified atom stereocenters. The lowest BCUT2D eigenvalue weighted by molar-refractivity contribution is 0.444. The van der Waals surface area contributed by atoms with Crippen LogP contribution in [0.3, 0.4) is 0 Å². The molecule has 0 saturated heterocycles. The zero-order valence-electron chi connectivity index (χ0n) is 33.8. The Kier molecular flexibility index (Phi) is 7.67. The number of para-hydroxylation sites is 1. The predicted molar refractivity (Wildman–Crippen MR) is 243 cm³/mol. The quantitative estimate of drug-likeness (QED) is 0.164. The van der Waals surface area contributed by atoms with Crippen LogP contribution < -0.4 is 4.90 Å². The van der Waals surface area contributed by atoms with Crippen molar-refractivity contribution in [2.75, 3.05) is 4.90 Å². The molecule has 0 aromatic heterocycles. The van der Waals surface area contributed by atoms with E-state index in [0.29, 0.717) is 0 Å². The van der Waals surface area contributed by atoms with Crippen LogP contribution in [0.25, 0.3) is 33.4 Å². The Balaban J connectivity index is 1.21. The van der Waals surface area contributed by atoms with E-state index in [1.165, 1.54) is 77.9 Å². The van der Waals surface area contributed by atoms with Gasteiger partial charge in [-0.05, 0) is 115 Å². The summed E-state index contributed by atoms with van der Waals surface area (Å²) in [5, 5.41) is 0. The molecule has 280 valence electrons. The molecule has 0 saturated carbocycles. The fourth-order valence-corrected chi connectivity index (χ4v) is 11.5. The van der Waals surface area contributed by atoms with Crippen molar-refractivity contribution in [1.29, 1.82) is 0 Å². The normalized spacial score (nSPS) is 15.4. The molecule has 0 radical (unpaired) electrons. The van der Waals surface area contributed by atoms with E-state index in [9.17, 15) is 0 Å². The van der Waals surface area contributed by atoms with Crippen molar-refractivity contribution < 1.29 is 0 Å². The molecule has 1 nitrogen and oxygen atoms in total. The largest absolute Gasteiger partial charge is 0.310 e. The lowest BCUT2D eigenvalue weighted by Gasteiger charge is -2.49. The molecule has 8 aromatic rings. The van der Waals surface area contributed by atoms with Crippen molar-refractivity contribution in [2.24, 2.45) is 0 Å². The molecule has 0 N–H and O–H groups in total. The van der Waals surface area contributed by atoms with Crippen LogP contribution >= 0.6 is 0 Å². The highest BCUT2D eigenvalue weighted by Crippen LogP contribution is 2.64. The molecule has 0 bridgehead atoms. The molecule has 3 aliphatic rings. The Bertz CT molecular complexity index is 2860. The van der Waals surface area contributed by atoms with Gasteiger partial charge in [0, 0.05) is 27.8 Å². The molecular weight excluding hydrogens is 699 g/mol. The fraction of sp³-hybridized carbons (Fsp3) is 0.158. The zero-order valence-corrected chi connectivity index (χ0v) is 33.8. The van der Waals surface area contributed by atoms with Gasteiger partial charge in [-0.1, -0.05) is 185 Å². The minimum atomic E-state index is -0.477. The van der Waals surface area contributed by atoms with E-state index in [0.717, 1.165) is 29.9 Å². The molecule has 8 aromatic carbocycles. The molecule has 58 heavy (non-hydrogen) atoms. The van der Waals surface area contributed by atoms with Gasteiger partial charge in [-0.15, -0.1) is 0 Å². The van der Waals surface area contributed by atoms with Crippen LogP contribution in [-0.2, 0) is 16.2 Å². The summed E-state index contributed by atoms with van der Waals surface area (Å²) in [6.07, 6.45) is 2.09. The van der Waals surface area contributed by atoms with Crippen LogP contribution in [0.4, 0.5) is 17.1 Å². The first kappa shape index (κ1) is 34.8. The minimum absolute atomic E-state index is 0.0663. The molecule has 0 aliphatic heterocycles. The van der Waals surface area contributed by atoms with Crippen molar-refractivity contribution in [2.45, 2.75) is 56.8 Å². The van der Waals surface area contributed by atoms with Gasteiger partial charge in [-0.3, -0.25) is 0 Å². The second kappa shape index (κ2) is 12.8. The molecule has 1 spiro atoms. The smallest absolute Gasteiger partial charge is 0.0720 e. The second-order valence-electron chi connectivity index (χ2n) is 17.0. The highest BCUT2D eigenvalue weighted by Gasteiger charge is 2.54. The number of benzene rings is 8. The van der Waals surface area contributed by atoms with E-state index in [2.05, 4.69) is 221 Å². The molecule has 0 fully saturated rings. The van der Waals surface area contributed by atoms with E-state index in [4.69, 9.17) is 0 Å². The first-order valence-electron chi connectivity index (χ1n) is 21.1. The maximum atomic E-state index is 2.54. The third kappa shape index (κ3) is 4.53. The Morgan fingerprint density at radius 2 is 0.793 bits per heavy atom. The Hall–Kier alpha value is -6.44. The number of rotatable bonds is 6. The van der Waals surface area contributed by atoms with Gasteiger partial charge in [0.2, 0.25) is 0 Å². The summed E-state index contributed by atoms with van der Waals surface area (Å²) in [7, 11) is 0. The summed E-state index contributed by atoms with van der Waals surface area (Å²) in [6.45, 7) is 9.51. The maximum Gasteiger partial charge on any atom is 0.0720 e. The van der Waals surface area contributed by atoms with Crippen LogP contribution in [-0.4, -0.2) is 0 Å². The summed E-state index contributed by atoms with van der Waals surface area (Å²) in [6, 6.07) is 71.2. The molecule has 0 amide bonds. The highest BCUT2D eigenvalue weighted by atomic mass is 15.1. The molecule has 3 aliphatic carbocycles. The van der Waals surface area contributed by atoms with Crippen LogP contribution in [0.2, 0.25) is 0 Å². The number of anilines is 3. The van der Waals surface area contributed by atoms with Gasteiger partial charge in [-0.2, -0.15) is 0 Å². The van der Waals surface area contributed by atoms with Gasteiger partial charge < -0.3 is 4.90 Å². The first-order valence-corrected chi connectivity index (χ1v) is 21.1. The lowest BCUT2D eigenvalue weighted by atomic mass is 9.53. The van der Waals surface area contributed by atoms with Gasteiger partial charge in [0.25, 0.3) is 0 Å². The van der Waals surface area contributed by atoms with Gasteiger partial charge in [0.1, 0.15) is 0 Å². The molecule has 0 heterocycles. The van der Waals surface area contributed by atoms with Crippen LogP contribution in [0, 0.1) is 0 Å². The van der Waals surface area contributed by atoms with E-state index in [-0.39, 0.29) is 10.8 Å². The number of hydrogen-bond donors (Lipinski definition) is 0. The second-order valence-corrected chi connectivity index (χ2v) is 17.0. The monoisotopic (exact) mass is 745 g/mol. The molecule has 0 atom stereocenters. The maximum absolute atomic E-state index is 2.54. The average molecular weight is 746 g/mol. The third-order valence-electron chi connectivity index (χ3n) is 14.2. The molecular formula is C57H47N. The van der Waals surface area contributed by atoms with Crippen LogP contribution in [0.5, 0.6) is 0 Å². The lowest BCUT2D eigenvalue weighted by Crippen LogP contribution is -2.42. The van der Waals surface area contributed by atoms with Crippen LogP contribution in [0.15, 0.2) is 188 Å². The SMILES string of the molecule is CCC1(CC)c2ccccc2C2(c3ccccc3-c3ccc(N(c4ccc5c(c4)C(C)(C)c4ccccc4-5)c4ccccc4-c4ccccc4)cc32)c2ccccc21. The Morgan fingerprint density at radius 1 is 0.362 bits per heavy atom. The van der Waals surface area contributed by atoms with Crippen molar-refractivity contribution in [1.82, 2.24) is 0 Å². The van der Waals surface area contributed by atoms with Crippen molar-refractivity contribution in [3.05, 3.63) is 233 Å². The van der Waals surface area contributed by atoms with Gasteiger partial charge in [0.15, 0.2) is 0 Å². The van der Waals surface area contributed by atoms with Gasteiger partial charge >= 0.3 is 0 Å². The van der Waals surface area contributed by atoms with Crippen molar-refractivity contribution >= 4 is 17.1 Å². The topological polar surface area (TPSA) is 3.24 Å². The Labute approximate surface area is 343 Å². The zero-order chi connectivity index (χ0) is 39.2. The van der Waals surface area contributed by atoms with Crippen molar-refractivity contribution in [3.8, 4) is 33.4 Å². The van der Waals surface area contributed by atoms with Crippen molar-refractivity contribution in [3.63, 3.8) is 0 Å². The molecule has 1 heteroatoms. The number of fused-ring (bicyclic) bond motifs is 12. The van der Waals surface area contributed by atoms with E-state index in [1.54, 1.807) is 0 Å². The minimum Gasteiger partial charge on any atom is -0.310 e. The summed E-state index contributed by atoms with van der Waals surface area (Å²) in [5.74, 6) is 0. The van der Waals surface area contributed by atoms with Gasteiger partial charge in [-0.25, -0.2) is 0 Å². The van der Waals surface area contributed by atoms with E-state index < -0.39 is 5.41 Å². The average Bonchev–Trinajstić information content (AvgIpc) is 3.70. The summed E-state index contributed by atoms with van der Waals surface area (Å²) in [4.78, 5) is 2.53. The molecule has 11 rings (SSSR count). The Morgan fingerprint density at radius 3 is 1.40 bits per heavy atom. The van der Waals surface area contributed by atoms with Crippen LogP contribution in [0.1, 0.15) is 85.0 Å². The number of nitrogens with zero attached hydrogens (tertiary/aromatic N) is 1. The third-order valence-corrected chi connectivity index (χ3v) is 14.2. The van der Waals surface area contributed by atoms with Gasteiger partial charge in [0.05, 0.1) is 11.1 Å². The highest BCUT2D eigenvalue weighted by molar-refractivity contribution is 5.94. The van der Waals surface area contributed by atoms with E-state index in [1.807, 2.05) is 0 Å². The number of hydrogen-bond acceptors (Lipinski definition) is 1. The predicted octanol–water partition coefficient (Wildman–Crippen LogP) is 14.9.